The summed E-state index contributed by atoms with van der Waals surface area (Å²) >= 11 is 3.91. The van der Waals surface area contributed by atoms with E-state index in [0.717, 1.165) is 35.3 Å². The number of ether oxygens (including phenoxy) is 1. The number of nitrogens with zero attached hydrogens (tertiary/aromatic N) is 1. The lowest BCUT2D eigenvalue weighted by Crippen LogP contribution is -2.15. The molecule has 184 valence electrons. The van der Waals surface area contributed by atoms with E-state index in [0.29, 0.717) is 4.58 Å². The third-order valence-electron chi connectivity index (χ3n) is 5.87. The van der Waals surface area contributed by atoms with Gasteiger partial charge in [0, 0.05) is 17.9 Å². The Labute approximate surface area is 224 Å². The van der Waals surface area contributed by atoms with Gasteiger partial charge >= 0.3 is 0 Å². The molecule has 4 heteroatoms. The van der Waals surface area contributed by atoms with Gasteiger partial charge in [-0.1, -0.05) is 78.9 Å². The molecule has 0 saturated heterocycles. The van der Waals surface area contributed by atoms with Gasteiger partial charge < -0.3 is 4.74 Å². The van der Waals surface area contributed by atoms with E-state index in [2.05, 4.69) is 112 Å². The number of benzene rings is 4. The molecular formula is C32H33NOS2. The first-order valence-electron chi connectivity index (χ1n) is 12.3. The Morgan fingerprint density at radius 1 is 0.694 bits per heavy atom. The van der Waals surface area contributed by atoms with Crippen LogP contribution in [0, 0.1) is 20.8 Å². The van der Waals surface area contributed by atoms with Crippen LogP contribution in [-0.4, -0.2) is 10.5 Å². The monoisotopic (exact) mass is 511 g/mol. The van der Waals surface area contributed by atoms with Gasteiger partial charge in [-0.25, -0.2) is 4.99 Å². The van der Waals surface area contributed by atoms with E-state index in [4.69, 9.17) is 9.73 Å². The Bertz CT molecular complexity index is 1230. The minimum absolute atomic E-state index is 0.292. The van der Waals surface area contributed by atoms with E-state index >= 15 is 0 Å². The number of rotatable bonds is 10. The Kier molecular flexibility index (Phi) is 9.71. The summed E-state index contributed by atoms with van der Waals surface area (Å²) in [5.74, 6) is 3.48. The highest BCUT2D eigenvalue weighted by molar-refractivity contribution is 8.16. The summed E-state index contributed by atoms with van der Waals surface area (Å²) in [4.78, 5) is 5.00. The molecule has 0 N–H and O–H groups in total. The fraction of sp³-hybridized carbons (Fsp3) is 0.219. The van der Waals surface area contributed by atoms with Crippen LogP contribution in [0.2, 0.25) is 0 Å². The molecule has 0 atom stereocenters. The molecular weight excluding hydrogens is 478 g/mol. The van der Waals surface area contributed by atoms with Crippen LogP contribution >= 0.6 is 23.5 Å². The largest absolute Gasteiger partial charge is 0.443 e. The van der Waals surface area contributed by atoms with Crippen molar-refractivity contribution < 1.29 is 4.74 Å². The van der Waals surface area contributed by atoms with Crippen LogP contribution in [0.15, 0.2) is 108 Å². The zero-order chi connectivity index (χ0) is 25.2. The molecule has 4 rings (SSSR count). The molecule has 0 amide bonds. The summed E-state index contributed by atoms with van der Waals surface area (Å²) in [6, 6.07) is 35.9. The molecule has 0 spiro atoms. The van der Waals surface area contributed by atoms with Crippen molar-refractivity contribution in [3.8, 4) is 5.75 Å². The normalized spacial score (nSPS) is 11.6. The summed E-state index contributed by atoms with van der Waals surface area (Å²) < 4.78 is 6.72. The first-order chi connectivity index (χ1) is 17.5. The first-order valence-corrected chi connectivity index (χ1v) is 14.4. The van der Waals surface area contributed by atoms with Crippen LogP contribution in [0.5, 0.6) is 5.75 Å². The van der Waals surface area contributed by atoms with Crippen molar-refractivity contribution in [1.82, 2.24) is 0 Å². The third kappa shape index (κ3) is 8.32. The molecule has 0 aliphatic carbocycles. The summed E-state index contributed by atoms with van der Waals surface area (Å²) in [6.45, 7) is 6.34. The lowest BCUT2D eigenvalue weighted by molar-refractivity contribution is 0.535. The maximum atomic E-state index is 6.43. The quantitative estimate of drug-likeness (QED) is 0.120. The molecule has 36 heavy (non-hydrogen) atoms. The van der Waals surface area contributed by atoms with Gasteiger partial charge in [0.15, 0.2) is 5.90 Å². The van der Waals surface area contributed by atoms with Gasteiger partial charge in [0.25, 0.3) is 0 Å². The first kappa shape index (κ1) is 26.1. The van der Waals surface area contributed by atoms with Gasteiger partial charge in [-0.3, -0.25) is 0 Å². The smallest absolute Gasteiger partial charge is 0.197 e. The van der Waals surface area contributed by atoms with Crippen LogP contribution < -0.4 is 4.74 Å². The molecule has 0 bridgehead atoms. The van der Waals surface area contributed by atoms with Gasteiger partial charge in [0.05, 0.1) is 10.3 Å². The lowest BCUT2D eigenvalue weighted by atomic mass is 10.1. The van der Waals surface area contributed by atoms with Crippen LogP contribution in [0.4, 0.5) is 5.69 Å². The van der Waals surface area contributed by atoms with Crippen LogP contribution in [0.25, 0.3) is 0 Å². The average molecular weight is 512 g/mol. The van der Waals surface area contributed by atoms with Crippen LogP contribution in [-0.2, 0) is 11.5 Å². The van der Waals surface area contributed by atoms with Crippen molar-refractivity contribution >= 4 is 35.1 Å². The zero-order valence-electron chi connectivity index (χ0n) is 21.2. The Hall–Kier alpha value is -2.95. The molecule has 0 fully saturated rings. The van der Waals surface area contributed by atoms with Gasteiger partial charge in [-0.2, -0.15) is 0 Å². The second-order valence-electron chi connectivity index (χ2n) is 8.92. The van der Waals surface area contributed by atoms with Crippen molar-refractivity contribution in [3.05, 3.63) is 131 Å². The van der Waals surface area contributed by atoms with E-state index in [-0.39, 0.29) is 0 Å². The fourth-order valence-corrected chi connectivity index (χ4v) is 6.16. The third-order valence-corrected chi connectivity index (χ3v) is 8.76. The van der Waals surface area contributed by atoms with Crippen molar-refractivity contribution in [1.29, 1.82) is 0 Å². The van der Waals surface area contributed by atoms with E-state index in [1.54, 1.807) is 0 Å². The number of aryl methyl sites for hydroxylation is 3. The maximum absolute atomic E-state index is 6.43. The molecule has 4 aromatic rings. The van der Waals surface area contributed by atoms with E-state index in [9.17, 15) is 0 Å². The van der Waals surface area contributed by atoms with E-state index in [1.165, 1.54) is 27.8 Å². The second kappa shape index (κ2) is 13.4. The molecule has 0 heterocycles. The van der Waals surface area contributed by atoms with Crippen molar-refractivity contribution in [2.75, 3.05) is 0 Å². The highest BCUT2D eigenvalue weighted by Gasteiger charge is 2.17. The van der Waals surface area contributed by atoms with Gasteiger partial charge in [0.2, 0.25) is 0 Å². The van der Waals surface area contributed by atoms with Crippen molar-refractivity contribution in [2.24, 2.45) is 4.99 Å². The van der Waals surface area contributed by atoms with Crippen LogP contribution in [0.1, 0.15) is 34.2 Å². The molecule has 0 radical (unpaired) electrons. The fourth-order valence-electron chi connectivity index (χ4n) is 3.70. The number of aliphatic imine (C=N–C) groups is 1. The average Bonchev–Trinajstić information content (AvgIpc) is 2.89. The van der Waals surface area contributed by atoms with Gasteiger partial charge in [-0.15, -0.1) is 23.5 Å². The Morgan fingerprint density at radius 2 is 1.33 bits per heavy atom. The summed E-state index contributed by atoms with van der Waals surface area (Å²) in [5.41, 5.74) is 7.27. The maximum Gasteiger partial charge on any atom is 0.197 e. The molecule has 2 nitrogen and oxygen atoms in total. The number of thioether (sulfide) groups is 2. The molecule has 0 aromatic heterocycles. The van der Waals surface area contributed by atoms with E-state index in [1.807, 2.05) is 35.7 Å². The predicted octanol–water partition coefficient (Wildman–Crippen LogP) is 9.30. The minimum atomic E-state index is 0.292. The zero-order valence-corrected chi connectivity index (χ0v) is 22.8. The second-order valence-corrected chi connectivity index (χ2v) is 11.6. The number of hydrogen-bond donors (Lipinski definition) is 0. The molecule has 0 aliphatic rings. The molecule has 0 unspecified atom stereocenters. The Morgan fingerprint density at radius 3 is 1.92 bits per heavy atom. The predicted molar refractivity (Wildman–Crippen MR) is 159 cm³/mol. The van der Waals surface area contributed by atoms with Gasteiger partial charge in [-0.05, 0) is 72.9 Å². The van der Waals surface area contributed by atoms with Crippen molar-refractivity contribution in [3.63, 3.8) is 0 Å². The highest BCUT2D eigenvalue weighted by Crippen LogP contribution is 2.33. The highest BCUT2D eigenvalue weighted by atomic mass is 32.2. The molecule has 0 saturated carbocycles. The number of hydrogen-bond acceptors (Lipinski definition) is 4. The lowest BCUT2D eigenvalue weighted by Gasteiger charge is -2.19. The van der Waals surface area contributed by atoms with Gasteiger partial charge in [0.1, 0.15) is 5.75 Å². The SMILES string of the molecule is Cc1cccc(OC(CC(SCc2ccccc2)SCc2ccccc2)=Nc2ccc(C)c(C)c2)c1. The summed E-state index contributed by atoms with van der Waals surface area (Å²) in [5, 5.41) is 0. The van der Waals surface area contributed by atoms with Crippen molar-refractivity contribution in [2.45, 2.75) is 43.3 Å². The van der Waals surface area contributed by atoms with E-state index < -0.39 is 0 Å². The summed E-state index contributed by atoms with van der Waals surface area (Å²) in [6.07, 6.45) is 0.732. The molecule has 4 aromatic carbocycles. The molecule has 0 aliphatic heterocycles. The standard InChI is InChI=1S/C32H33NOS2/c1-24-11-10-16-30(19-24)34-31(33-29-18-17-25(2)26(3)20-29)21-32(35-22-27-12-6-4-7-13-27)36-23-28-14-8-5-9-15-28/h4-20,32H,21-23H2,1-3H3. The minimum Gasteiger partial charge on any atom is -0.443 e. The van der Waals surface area contributed by atoms with Crippen LogP contribution in [0.3, 0.4) is 0 Å². The topological polar surface area (TPSA) is 21.6 Å². The Balaban J connectivity index is 1.58. The summed E-state index contributed by atoms with van der Waals surface area (Å²) in [7, 11) is 0.